The molecule has 0 spiro atoms. The van der Waals surface area contributed by atoms with E-state index in [0.717, 1.165) is 15.9 Å². The molecule has 5 nitrogen and oxygen atoms in total. The second-order valence-electron chi connectivity index (χ2n) is 11.3. The average Bonchev–Trinajstić information content (AvgIpc) is 2.85. The lowest BCUT2D eigenvalue weighted by Gasteiger charge is -2.49. The molecule has 1 heterocycles. The van der Waals surface area contributed by atoms with Gasteiger partial charge < -0.3 is 19.2 Å². The SMILES string of the molecule is CC1(C)CN([C@H](c2ccc(F)cc2)C(O[SiH](c2ccccc2)c2ccccc2)C(C)(C)C)C(=O)C(O)O1. The highest BCUT2D eigenvalue weighted by Gasteiger charge is 2.47. The van der Waals surface area contributed by atoms with Crippen LogP contribution in [-0.4, -0.2) is 49.5 Å². The number of ether oxygens (including phenoxy) is 1. The lowest BCUT2D eigenvalue weighted by atomic mass is 9.81. The number of morpholine rings is 1. The molecule has 37 heavy (non-hydrogen) atoms. The largest absolute Gasteiger partial charge is 0.405 e. The Kier molecular flexibility index (Phi) is 7.99. The highest BCUT2D eigenvalue weighted by Crippen LogP contribution is 2.40. The fourth-order valence-corrected chi connectivity index (χ4v) is 7.63. The number of nitrogens with zero attached hydrogens (tertiary/aromatic N) is 1. The molecule has 3 aromatic carbocycles. The summed E-state index contributed by atoms with van der Waals surface area (Å²) in [4.78, 5) is 15.0. The van der Waals surface area contributed by atoms with Crippen molar-refractivity contribution in [1.29, 1.82) is 0 Å². The Morgan fingerprint density at radius 1 is 0.973 bits per heavy atom. The summed E-state index contributed by atoms with van der Waals surface area (Å²) in [5.41, 5.74) is -0.445. The first-order chi connectivity index (χ1) is 17.5. The van der Waals surface area contributed by atoms with Gasteiger partial charge in [-0.05, 0) is 47.3 Å². The van der Waals surface area contributed by atoms with Crippen molar-refractivity contribution in [2.45, 2.75) is 58.7 Å². The van der Waals surface area contributed by atoms with Crippen LogP contribution in [0.25, 0.3) is 0 Å². The van der Waals surface area contributed by atoms with Crippen molar-refractivity contribution < 1.29 is 23.5 Å². The number of hydrogen-bond acceptors (Lipinski definition) is 4. The van der Waals surface area contributed by atoms with Crippen LogP contribution in [0.5, 0.6) is 0 Å². The van der Waals surface area contributed by atoms with Gasteiger partial charge in [0.2, 0.25) is 15.3 Å². The molecule has 0 saturated carbocycles. The van der Waals surface area contributed by atoms with Gasteiger partial charge >= 0.3 is 0 Å². The first-order valence-electron chi connectivity index (χ1n) is 12.6. The number of halogens is 1. The Bertz CT molecular complexity index is 1140. The van der Waals surface area contributed by atoms with E-state index in [0.29, 0.717) is 0 Å². The minimum atomic E-state index is -2.23. The smallest absolute Gasteiger partial charge is 0.280 e. The number of benzene rings is 3. The van der Waals surface area contributed by atoms with Gasteiger partial charge in [-0.25, -0.2) is 4.39 Å². The summed E-state index contributed by atoms with van der Waals surface area (Å²) in [6.45, 7) is 10.2. The molecule has 0 radical (unpaired) electrons. The minimum Gasteiger partial charge on any atom is -0.405 e. The minimum absolute atomic E-state index is 0.254. The molecule has 2 unspecified atom stereocenters. The zero-order valence-corrected chi connectivity index (χ0v) is 23.3. The summed E-state index contributed by atoms with van der Waals surface area (Å²) in [7, 11) is -2.23. The number of amides is 1. The van der Waals surface area contributed by atoms with E-state index >= 15 is 0 Å². The van der Waals surface area contributed by atoms with Crippen molar-refractivity contribution in [2.24, 2.45) is 5.41 Å². The van der Waals surface area contributed by atoms with E-state index in [-0.39, 0.29) is 12.4 Å². The molecule has 1 aliphatic rings. The summed E-state index contributed by atoms with van der Waals surface area (Å²) in [6, 6.07) is 26.0. The van der Waals surface area contributed by atoms with Gasteiger partial charge in [-0.3, -0.25) is 4.79 Å². The quantitative estimate of drug-likeness (QED) is 0.481. The average molecular weight is 522 g/mol. The molecule has 1 aliphatic heterocycles. The van der Waals surface area contributed by atoms with Crippen LogP contribution in [-0.2, 0) is 14.0 Å². The molecule has 0 aliphatic carbocycles. The van der Waals surface area contributed by atoms with Crippen molar-refractivity contribution in [2.75, 3.05) is 6.54 Å². The Labute approximate surface area is 220 Å². The number of aliphatic hydroxyl groups is 1. The number of carbonyl (C=O) groups is 1. The monoisotopic (exact) mass is 521 g/mol. The van der Waals surface area contributed by atoms with Crippen LogP contribution in [0.3, 0.4) is 0 Å². The second-order valence-corrected chi connectivity index (χ2v) is 13.7. The molecular formula is C30H36FNO4Si. The van der Waals surface area contributed by atoms with Crippen LogP contribution < -0.4 is 10.4 Å². The number of aliphatic hydroxyl groups excluding tert-OH is 1. The van der Waals surface area contributed by atoms with E-state index < -0.39 is 44.4 Å². The highest BCUT2D eigenvalue weighted by molar-refractivity contribution is 6.80. The van der Waals surface area contributed by atoms with Gasteiger partial charge in [0.15, 0.2) is 0 Å². The maximum atomic E-state index is 14.0. The molecule has 4 rings (SSSR count). The van der Waals surface area contributed by atoms with Crippen molar-refractivity contribution in [3.05, 3.63) is 96.3 Å². The van der Waals surface area contributed by atoms with Gasteiger partial charge in [0.25, 0.3) is 5.91 Å². The van der Waals surface area contributed by atoms with Crippen LogP contribution in [0.4, 0.5) is 4.39 Å². The van der Waals surface area contributed by atoms with Gasteiger partial charge in [-0.2, -0.15) is 0 Å². The predicted molar refractivity (Wildman–Crippen MR) is 146 cm³/mol. The topological polar surface area (TPSA) is 59.0 Å². The van der Waals surface area contributed by atoms with Crippen LogP contribution in [0, 0.1) is 11.2 Å². The summed E-state index contributed by atoms with van der Waals surface area (Å²) < 4.78 is 26.7. The molecule has 3 aromatic rings. The van der Waals surface area contributed by atoms with Gasteiger partial charge in [-0.15, -0.1) is 0 Å². The molecule has 1 amide bonds. The fraction of sp³-hybridized carbons (Fsp3) is 0.367. The Morgan fingerprint density at radius 2 is 1.49 bits per heavy atom. The van der Waals surface area contributed by atoms with Crippen LogP contribution in [0.1, 0.15) is 46.2 Å². The molecule has 0 aromatic heterocycles. The third kappa shape index (κ3) is 6.36. The standard InChI is InChI=1S/C30H36FNO4Si/c1-29(2,3)26(36-37(23-12-8-6-9-13-23)24-14-10-7-11-15-24)25(21-16-18-22(31)19-17-21)32-20-30(4,5)35-28(34)27(32)33/h6-19,25-26,28,34,37H,20H2,1-5H3/t25-,26?,28?/m1/s1. The maximum absolute atomic E-state index is 14.0. The Balaban J connectivity index is 1.85. The summed E-state index contributed by atoms with van der Waals surface area (Å²) in [5, 5.41) is 12.8. The zero-order chi connectivity index (χ0) is 26.8. The third-order valence-electron chi connectivity index (χ3n) is 6.65. The predicted octanol–water partition coefficient (Wildman–Crippen LogP) is 3.79. The van der Waals surface area contributed by atoms with E-state index in [1.54, 1.807) is 17.0 Å². The maximum Gasteiger partial charge on any atom is 0.280 e. The van der Waals surface area contributed by atoms with E-state index in [9.17, 15) is 14.3 Å². The zero-order valence-electron chi connectivity index (χ0n) is 22.1. The highest BCUT2D eigenvalue weighted by atomic mass is 28.3. The third-order valence-corrected chi connectivity index (χ3v) is 9.20. The molecule has 1 saturated heterocycles. The lowest BCUT2D eigenvalue weighted by molar-refractivity contribution is -0.228. The summed E-state index contributed by atoms with van der Waals surface area (Å²) in [5.74, 6) is -0.880. The second kappa shape index (κ2) is 10.9. The Morgan fingerprint density at radius 3 is 1.97 bits per heavy atom. The van der Waals surface area contributed by atoms with E-state index in [1.807, 2.05) is 50.2 Å². The van der Waals surface area contributed by atoms with Crippen molar-refractivity contribution in [3.8, 4) is 0 Å². The summed E-state index contributed by atoms with van der Waals surface area (Å²) in [6.07, 6.45) is -2.05. The molecule has 0 bridgehead atoms. The van der Waals surface area contributed by atoms with Crippen LogP contribution >= 0.6 is 0 Å². The molecule has 1 fully saturated rings. The lowest BCUT2D eigenvalue weighted by Crippen LogP contribution is -2.61. The van der Waals surface area contributed by atoms with E-state index in [2.05, 4.69) is 45.0 Å². The first kappa shape index (κ1) is 27.2. The molecular weight excluding hydrogens is 485 g/mol. The number of hydrogen-bond donors (Lipinski definition) is 1. The molecule has 3 atom stereocenters. The van der Waals surface area contributed by atoms with Crippen LogP contribution in [0.15, 0.2) is 84.9 Å². The van der Waals surface area contributed by atoms with Gasteiger partial charge in [0, 0.05) is 0 Å². The summed E-state index contributed by atoms with van der Waals surface area (Å²) >= 11 is 0. The van der Waals surface area contributed by atoms with E-state index in [4.69, 9.17) is 9.16 Å². The van der Waals surface area contributed by atoms with Crippen molar-refractivity contribution >= 4 is 25.3 Å². The van der Waals surface area contributed by atoms with Gasteiger partial charge in [0.05, 0.1) is 24.3 Å². The van der Waals surface area contributed by atoms with Crippen molar-refractivity contribution in [3.63, 3.8) is 0 Å². The van der Waals surface area contributed by atoms with E-state index in [1.165, 1.54) is 12.1 Å². The number of carbonyl (C=O) groups excluding carboxylic acids is 1. The number of rotatable bonds is 7. The van der Waals surface area contributed by atoms with Crippen molar-refractivity contribution in [1.82, 2.24) is 4.90 Å². The Hall–Kier alpha value is -2.84. The molecule has 1 N–H and O–H groups in total. The van der Waals surface area contributed by atoms with Crippen LogP contribution in [0.2, 0.25) is 0 Å². The normalized spacial score (nSPS) is 19.6. The fourth-order valence-electron chi connectivity index (χ4n) is 4.94. The van der Waals surface area contributed by atoms with Gasteiger partial charge in [-0.1, -0.05) is 93.6 Å². The molecule has 196 valence electrons. The van der Waals surface area contributed by atoms with Gasteiger partial charge in [0.1, 0.15) is 5.82 Å². The first-order valence-corrected chi connectivity index (χ1v) is 14.3. The molecule has 7 heteroatoms.